The molecule has 0 fully saturated rings. The zero-order valence-corrected chi connectivity index (χ0v) is 10.1. The molecule has 0 unspecified atom stereocenters. The second-order valence-corrected chi connectivity index (χ2v) is 5.33. The minimum absolute atomic E-state index is 0.270. The number of hydrogen-bond acceptors (Lipinski definition) is 2. The lowest BCUT2D eigenvalue weighted by molar-refractivity contribution is 0.527. The molecule has 0 spiro atoms. The first-order valence-electron chi connectivity index (χ1n) is 4.31. The van der Waals surface area contributed by atoms with Gasteiger partial charge in [0.1, 0.15) is 0 Å². The molecule has 0 saturated heterocycles. The second kappa shape index (κ2) is 4.83. The van der Waals surface area contributed by atoms with Crippen molar-refractivity contribution in [1.82, 2.24) is 4.31 Å². The van der Waals surface area contributed by atoms with Crippen molar-refractivity contribution in [2.45, 2.75) is 5.88 Å². The normalized spacial score (nSPS) is 11.7. The van der Waals surface area contributed by atoms with Gasteiger partial charge in [-0.3, -0.25) is 4.72 Å². The number of nitrogens with one attached hydrogen (secondary N) is 1. The van der Waals surface area contributed by atoms with Gasteiger partial charge in [-0.1, -0.05) is 18.2 Å². The summed E-state index contributed by atoms with van der Waals surface area (Å²) in [6.07, 6.45) is 0. The molecule has 0 atom stereocenters. The van der Waals surface area contributed by atoms with Gasteiger partial charge in [0.2, 0.25) is 0 Å². The highest BCUT2D eigenvalue weighted by molar-refractivity contribution is 7.90. The molecule has 0 saturated carbocycles. The topological polar surface area (TPSA) is 49.4 Å². The third-order valence-electron chi connectivity index (χ3n) is 1.88. The first-order valence-corrected chi connectivity index (χ1v) is 6.29. The Balaban J connectivity index is 3.00. The minimum atomic E-state index is -3.46. The number of anilines is 1. The van der Waals surface area contributed by atoms with Gasteiger partial charge in [-0.25, -0.2) is 0 Å². The van der Waals surface area contributed by atoms with Crippen LogP contribution in [0.5, 0.6) is 0 Å². The van der Waals surface area contributed by atoms with Gasteiger partial charge in [-0.15, -0.1) is 11.6 Å². The van der Waals surface area contributed by atoms with Gasteiger partial charge in [0.25, 0.3) is 0 Å². The number of alkyl halides is 1. The van der Waals surface area contributed by atoms with Gasteiger partial charge in [0, 0.05) is 20.0 Å². The van der Waals surface area contributed by atoms with Gasteiger partial charge < -0.3 is 0 Å². The van der Waals surface area contributed by atoms with Crippen molar-refractivity contribution in [3.63, 3.8) is 0 Å². The van der Waals surface area contributed by atoms with Crippen LogP contribution < -0.4 is 4.72 Å². The molecule has 0 aliphatic rings. The average Bonchev–Trinajstić information content (AvgIpc) is 2.18. The van der Waals surface area contributed by atoms with E-state index in [1.807, 2.05) is 6.07 Å². The van der Waals surface area contributed by atoms with Crippen molar-refractivity contribution >= 4 is 27.5 Å². The molecule has 0 aromatic heterocycles. The fourth-order valence-corrected chi connectivity index (χ4v) is 1.86. The highest BCUT2D eigenvalue weighted by atomic mass is 35.5. The molecule has 1 aromatic rings. The molecule has 0 radical (unpaired) electrons. The Hall–Kier alpha value is -0.780. The molecule has 0 aliphatic carbocycles. The van der Waals surface area contributed by atoms with E-state index in [-0.39, 0.29) is 5.88 Å². The predicted octanol–water partition coefficient (Wildman–Crippen LogP) is 1.64. The lowest BCUT2D eigenvalue weighted by Gasteiger charge is -2.15. The zero-order chi connectivity index (χ0) is 11.5. The van der Waals surface area contributed by atoms with Crippen LogP contribution >= 0.6 is 11.6 Å². The number of nitrogens with zero attached hydrogens (tertiary/aromatic N) is 1. The summed E-state index contributed by atoms with van der Waals surface area (Å²) in [4.78, 5) is 0. The third-order valence-corrected chi connectivity index (χ3v) is 3.61. The molecule has 1 aromatic carbocycles. The molecule has 0 bridgehead atoms. The first-order chi connectivity index (χ1) is 6.97. The van der Waals surface area contributed by atoms with Gasteiger partial charge in [-0.2, -0.15) is 12.7 Å². The lowest BCUT2D eigenvalue weighted by atomic mass is 10.2. The van der Waals surface area contributed by atoms with Gasteiger partial charge in [0.15, 0.2) is 0 Å². The molecule has 15 heavy (non-hydrogen) atoms. The average molecular weight is 249 g/mol. The molecule has 1 rings (SSSR count). The number of hydrogen-bond donors (Lipinski definition) is 1. The molecule has 0 heterocycles. The van der Waals surface area contributed by atoms with E-state index >= 15 is 0 Å². The largest absolute Gasteiger partial charge is 0.301 e. The van der Waals surface area contributed by atoms with E-state index in [9.17, 15) is 8.42 Å². The number of halogens is 1. The summed E-state index contributed by atoms with van der Waals surface area (Å²) in [6, 6.07) is 7.02. The van der Waals surface area contributed by atoms with Crippen molar-refractivity contribution in [2.75, 3.05) is 18.8 Å². The van der Waals surface area contributed by atoms with Gasteiger partial charge >= 0.3 is 10.2 Å². The molecule has 0 amide bonds. The van der Waals surface area contributed by atoms with E-state index in [0.717, 1.165) is 9.87 Å². The summed E-state index contributed by atoms with van der Waals surface area (Å²) in [5.74, 6) is 0.270. The fraction of sp³-hybridized carbons (Fsp3) is 0.333. The van der Waals surface area contributed by atoms with E-state index in [1.54, 1.807) is 18.2 Å². The standard InChI is InChI=1S/C9H13ClN2O2S/c1-12(2)15(13,14)11-9-6-4-3-5-8(9)7-10/h3-6,11H,7H2,1-2H3. The molecular formula is C9H13ClN2O2S. The van der Waals surface area contributed by atoms with Crippen molar-refractivity contribution in [3.05, 3.63) is 29.8 Å². The zero-order valence-electron chi connectivity index (χ0n) is 8.57. The molecule has 84 valence electrons. The summed E-state index contributed by atoms with van der Waals surface area (Å²) in [5, 5.41) is 0. The van der Waals surface area contributed by atoms with Gasteiger partial charge in [0.05, 0.1) is 5.69 Å². The Morgan fingerprint density at radius 2 is 1.93 bits per heavy atom. The van der Waals surface area contributed by atoms with Crippen LogP contribution in [0.3, 0.4) is 0 Å². The van der Waals surface area contributed by atoms with Crippen LogP contribution in [0, 0.1) is 0 Å². The summed E-state index contributed by atoms with van der Waals surface area (Å²) in [7, 11) is -0.531. The summed E-state index contributed by atoms with van der Waals surface area (Å²) < 4.78 is 26.6. The maximum absolute atomic E-state index is 11.5. The van der Waals surface area contributed by atoms with Crippen LogP contribution in [0.15, 0.2) is 24.3 Å². The Kier molecular flexibility index (Phi) is 3.96. The SMILES string of the molecule is CN(C)S(=O)(=O)Nc1ccccc1CCl. The number of rotatable bonds is 4. The van der Waals surface area contributed by atoms with E-state index in [2.05, 4.69) is 4.72 Å². The van der Waals surface area contributed by atoms with Gasteiger partial charge in [-0.05, 0) is 11.6 Å². The Labute approximate surface area is 95.0 Å². The third kappa shape index (κ3) is 3.09. The van der Waals surface area contributed by atoms with Crippen molar-refractivity contribution in [1.29, 1.82) is 0 Å². The van der Waals surface area contributed by atoms with E-state index in [4.69, 9.17) is 11.6 Å². The molecular weight excluding hydrogens is 236 g/mol. The maximum Gasteiger partial charge on any atom is 0.301 e. The molecule has 4 nitrogen and oxygen atoms in total. The van der Waals surface area contributed by atoms with Crippen LogP contribution in [0.4, 0.5) is 5.69 Å². The Morgan fingerprint density at radius 3 is 2.47 bits per heavy atom. The van der Waals surface area contributed by atoms with Crippen LogP contribution in [0.1, 0.15) is 5.56 Å². The lowest BCUT2D eigenvalue weighted by Crippen LogP contribution is -2.29. The Bertz CT molecular complexity index is 431. The quantitative estimate of drug-likeness (QED) is 0.824. The monoisotopic (exact) mass is 248 g/mol. The highest BCUT2D eigenvalue weighted by Gasteiger charge is 2.14. The van der Waals surface area contributed by atoms with Crippen LogP contribution in [0.2, 0.25) is 0 Å². The summed E-state index contributed by atoms with van der Waals surface area (Å²) in [6.45, 7) is 0. The number of benzene rings is 1. The molecule has 0 aliphatic heterocycles. The van der Waals surface area contributed by atoms with Crippen LogP contribution in [-0.2, 0) is 16.1 Å². The van der Waals surface area contributed by atoms with E-state index < -0.39 is 10.2 Å². The predicted molar refractivity (Wildman–Crippen MR) is 62.2 cm³/mol. The summed E-state index contributed by atoms with van der Waals surface area (Å²) >= 11 is 5.69. The molecule has 1 N–H and O–H groups in total. The smallest absolute Gasteiger partial charge is 0.271 e. The highest BCUT2D eigenvalue weighted by Crippen LogP contribution is 2.18. The minimum Gasteiger partial charge on any atom is -0.271 e. The molecule has 6 heteroatoms. The van der Waals surface area contributed by atoms with Crippen molar-refractivity contribution in [2.24, 2.45) is 0 Å². The van der Waals surface area contributed by atoms with Crippen LogP contribution in [0.25, 0.3) is 0 Å². The maximum atomic E-state index is 11.5. The number of para-hydroxylation sites is 1. The van der Waals surface area contributed by atoms with E-state index in [0.29, 0.717) is 5.69 Å². The summed E-state index contributed by atoms with van der Waals surface area (Å²) in [5.41, 5.74) is 1.27. The second-order valence-electron chi connectivity index (χ2n) is 3.18. The van der Waals surface area contributed by atoms with Crippen LogP contribution in [-0.4, -0.2) is 26.8 Å². The van der Waals surface area contributed by atoms with Crippen molar-refractivity contribution < 1.29 is 8.42 Å². The first kappa shape index (κ1) is 12.3. The van der Waals surface area contributed by atoms with E-state index in [1.165, 1.54) is 14.1 Å². The Morgan fingerprint density at radius 1 is 1.33 bits per heavy atom. The fourth-order valence-electron chi connectivity index (χ4n) is 0.967. The van der Waals surface area contributed by atoms with Crippen molar-refractivity contribution in [3.8, 4) is 0 Å².